The highest BCUT2D eigenvalue weighted by Gasteiger charge is 2.36. The van der Waals surface area contributed by atoms with Gasteiger partial charge in [0.1, 0.15) is 28.9 Å². The van der Waals surface area contributed by atoms with Gasteiger partial charge in [-0.25, -0.2) is 9.23 Å². The number of nitrogens with two attached hydrogens (primary N) is 2. The molecule has 1 saturated heterocycles. The summed E-state index contributed by atoms with van der Waals surface area (Å²) in [4.78, 5) is 20.6. The Labute approximate surface area is 159 Å². The van der Waals surface area contributed by atoms with E-state index >= 15 is 0 Å². The molecule has 1 aromatic heterocycles. The number of hydroxylamine groups is 3. The third-order valence-corrected chi connectivity index (χ3v) is 3.94. The van der Waals surface area contributed by atoms with Crippen LogP contribution in [0.3, 0.4) is 0 Å². The predicted octanol–water partition coefficient (Wildman–Crippen LogP) is 2.25. The van der Waals surface area contributed by atoms with Crippen LogP contribution in [0.15, 0.2) is 50.7 Å². The van der Waals surface area contributed by atoms with Crippen LogP contribution < -0.4 is 16.5 Å². The first-order valence-electron chi connectivity index (χ1n) is 7.21. The minimum Gasteiger partial charge on any atom is -0.403 e. The Morgan fingerprint density at radius 1 is 1.37 bits per heavy atom. The first-order valence-corrected chi connectivity index (χ1v) is 8.00. The quantitative estimate of drug-likeness (QED) is 0.466. The number of amidine groups is 1. The van der Waals surface area contributed by atoms with Gasteiger partial charge in [0.2, 0.25) is 5.84 Å². The fourth-order valence-electron chi connectivity index (χ4n) is 2.13. The number of nitrogens with one attached hydrogen (secondary N) is 1. The molecule has 2 heterocycles. The van der Waals surface area contributed by atoms with Crippen molar-refractivity contribution >= 4 is 33.3 Å². The fourth-order valence-corrected chi connectivity index (χ4v) is 2.50. The van der Waals surface area contributed by atoms with Gasteiger partial charge < -0.3 is 15.9 Å². The molecule has 0 spiro atoms. The highest BCUT2D eigenvalue weighted by atomic mass is 79.9. The minimum absolute atomic E-state index is 0.0288. The SMILES string of the molecule is N=C1C(=C(N)N)N(c2ccc(F)c(Br)c2)ON1OCc1ccc([N+](=O)[O-])o1. The predicted molar refractivity (Wildman–Crippen MR) is 92.8 cm³/mol. The molecule has 3 rings (SSSR count). The summed E-state index contributed by atoms with van der Waals surface area (Å²) in [5.74, 6) is -1.38. The second-order valence-corrected chi connectivity index (χ2v) is 6.01. The summed E-state index contributed by atoms with van der Waals surface area (Å²) in [5, 5.41) is 20.5. The molecule has 0 aliphatic carbocycles. The van der Waals surface area contributed by atoms with Crippen LogP contribution in [0.1, 0.15) is 5.76 Å². The van der Waals surface area contributed by atoms with Crippen LogP contribution in [0.4, 0.5) is 16.0 Å². The maximum Gasteiger partial charge on any atom is 0.433 e. The average Bonchev–Trinajstić information content (AvgIpc) is 3.20. The molecule has 0 bridgehead atoms. The Morgan fingerprint density at radius 3 is 2.70 bits per heavy atom. The molecule has 0 amide bonds. The smallest absolute Gasteiger partial charge is 0.403 e. The van der Waals surface area contributed by atoms with Crippen molar-refractivity contribution in [2.45, 2.75) is 6.61 Å². The van der Waals surface area contributed by atoms with Crippen LogP contribution in [0.25, 0.3) is 0 Å². The van der Waals surface area contributed by atoms with Crippen LogP contribution in [0, 0.1) is 21.3 Å². The van der Waals surface area contributed by atoms with Crippen molar-refractivity contribution < 1.29 is 23.5 Å². The van der Waals surface area contributed by atoms with E-state index in [1.54, 1.807) is 0 Å². The topological polar surface area (TPSA) is 157 Å². The van der Waals surface area contributed by atoms with Crippen molar-refractivity contribution in [3.63, 3.8) is 0 Å². The van der Waals surface area contributed by atoms with Crippen molar-refractivity contribution in [2.75, 3.05) is 5.06 Å². The number of benzene rings is 1. The molecule has 1 aliphatic rings. The lowest BCUT2D eigenvalue weighted by atomic mass is 10.3. The van der Waals surface area contributed by atoms with Gasteiger partial charge in [-0.15, -0.1) is 4.94 Å². The van der Waals surface area contributed by atoms with E-state index in [4.69, 9.17) is 31.1 Å². The van der Waals surface area contributed by atoms with Gasteiger partial charge in [0.25, 0.3) is 0 Å². The lowest BCUT2D eigenvalue weighted by molar-refractivity contribution is -0.402. The molecule has 0 unspecified atom stereocenters. The molecule has 1 aromatic carbocycles. The molecule has 13 heteroatoms. The molecule has 2 aromatic rings. The number of nitrogens with zero attached hydrogens (tertiary/aromatic N) is 3. The number of anilines is 1. The summed E-state index contributed by atoms with van der Waals surface area (Å²) in [6.45, 7) is -0.269. The van der Waals surface area contributed by atoms with E-state index in [1.807, 2.05) is 0 Å². The highest BCUT2D eigenvalue weighted by Crippen LogP contribution is 2.31. The van der Waals surface area contributed by atoms with E-state index in [2.05, 4.69) is 15.9 Å². The van der Waals surface area contributed by atoms with Gasteiger partial charge in [0.15, 0.2) is 5.70 Å². The molecule has 142 valence electrons. The van der Waals surface area contributed by atoms with Gasteiger partial charge in [-0.2, -0.15) is 5.06 Å². The van der Waals surface area contributed by atoms with E-state index < -0.39 is 16.6 Å². The molecule has 5 N–H and O–H groups in total. The van der Waals surface area contributed by atoms with Crippen molar-refractivity contribution in [2.24, 2.45) is 11.5 Å². The van der Waals surface area contributed by atoms with Crippen molar-refractivity contribution in [1.29, 1.82) is 5.41 Å². The van der Waals surface area contributed by atoms with Gasteiger partial charge in [-0.3, -0.25) is 15.5 Å². The van der Waals surface area contributed by atoms with E-state index in [1.165, 1.54) is 30.3 Å². The van der Waals surface area contributed by atoms with E-state index in [0.717, 1.165) is 5.06 Å². The molecule has 11 nitrogen and oxygen atoms in total. The standard InChI is InChI=1S/C14H12BrFN6O5/c15-9-5-7(1-3-10(9)16)20-12(13(17)18)14(19)22(27-20)25-6-8-2-4-11(26-8)21(23)24/h1-5,19H,6,17-18H2. The van der Waals surface area contributed by atoms with Crippen LogP contribution in [-0.2, 0) is 16.4 Å². The van der Waals surface area contributed by atoms with Gasteiger partial charge in [-0.1, -0.05) is 5.23 Å². The molecule has 1 aliphatic heterocycles. The minimum atomic E-state index is -0.692. The number of hydrogen-bond acceptors (Lipinski definition) is 9. The number of rotatable bonds is 5. The van der Waals surface area contributed by atoms with Gasteiger partial charge in [-0.05, 0) is 40.2 Å². The molecule has 27 heavy (non-hydrogen) atoms. The third-order valence-electron chi connectivity index (χ3n) is 3.33. The number of halogens is 2. The zero-order valence-corrected chi connectivity index (χ0v) is 15.0. The van der Waals surface area contributed by atoms with E-state index in [9.17, 15) is 14.5 Å². The van der Waals surface area contributed by atoms with Crippen molar-refractivity contribution in [3.05, 3.63) is 68.0 Å². The summed E-state index contributed by atoms with van der Waals surface area (Å²) in [6.07, 6.45) is 0. The second-order valence-electron chi connectivity index (χ2n) is 5.15. The van der Waals surface area contributed by atoms with E-state index in [-0.39, 0.29) is 34.2 Å². The second kappa shape index (κ2) is 7.22. The molecule has 0 atom stereocenters. The number of furan rings is 1. The van der Waals surface area contributed by atoms with Crippen LogP contribution in [0.2, 0.25) is 0 Å². The average molecular weight is 443 g/mol. The Morgan fingerprint density at radius 2 is 2.11 bits per heavy atom. The summed E-state index contributed by atoms with van der Waals surface area (Å²) in [6, 6.07) is 6.48. The molecular weight excluding hydrogens is 431 g/mol. The molecule has 0 saturated carbocycles. The largest absolute Gasteiger partial charge is 0.433 e. The Kier molecular flexibility index (Phi) is 4.98. The lowest BCUT2D eigenvalue weighted by Gasteiger charge is -2.18. The Hall–Kier alpha value is -3.16. The summed E-state index contributed by atoms with van der Waals surface area (Å²) in [7, 11) is 0. The zero-order valence-electron chi connectivity index (χ0n) is 13.4. The van der Waals surface area contributed by atoms with Crippen molar-refractivity contribution in [1.82, 2.24) is 5.23 Å². The normalized spacial score (nSPS) is 14.1. The fraction of sp³-hybridized carbons (Fsp3) is 0.0714. The van der Waals surface area contributed by atoms with Gasteiger partial charge >= 0.3 is 5.88 Å². The molecular formula is C14H12BrFN6O5. The van der Waals surface area contributed by atoms with Gasteiger partial charge in [0, 0.05) is 0 Å². The monoisotopic (exact) mass is 442 g/mol. The number of nitro groups is 1. The molecule has 1 fully saturated rings. The van der Waals surface area contributed by atoms with Crippen molar-refractivity contribution in [3.8, 4) is 0 Å². The zero-order chi connectivity index (χ0) is 19.7. The highest BCUT2D eigenvalue weighted by molar-refractivity contribution is 9.10. The summed E-state index contributed by atoms with van der Waals surface area (Å²) in [5.41, 5.74) is 11.5. The summed E-state index contributed by atoms with van der Waals surface area (Å²) < 4.78 is 18.6. The maximum absolute atomic E-state index is 13.5. The lowest BCUT2D eigenvalue weighted by Crippen LogP contribution is -2.25. The molecule has 0 radical (unpaired) electrons. The maximum atomic E-state index is 13.5. The summed E-state index contributed by atoms with van der Waals surface area (Å²) >= 11 is 3.05. The van der Waals surface area contributed by atoms with Crippen LogP contribution >= 0.6 is 15.9 Å². The van der Waals surface area contributed by atoms with Crippen LogP contribution in [0.5, 0.6) is 0 Å². The number of hydrogen-bond donors (Lipinski definition) is 3. The Bertz CT molecular complexity index is 944. The first-order chi connectivity index (χ1) is 12.8. The van der Waals surface area contributed by atoms with Gasteiger partial charge in [0.05, 0.1) is 16.2 Å². The third kappa shape index (κ3) is 3.69. The Balaban J connectivity index is 1.79. The first kappa shape index (κ1) is 18.6. The van der Waals surface area contributed by atoms with E-state index in [0.29, 0.717) is 10.9 Å². The van der Waals surface area contributed by atoms with Crippen LogP contribution in [-0.4, -0.2) is 16.0 Å².